The normalized spacial score (nSPS) is 10.6. The lowest BCUT2D eigenvalue weighted by Gasteiger charge is -2.08. The van der Waals surface area contributed by atoms with Gasteiger partial charge in [-0.2, -0.15) is 0 Å². The predicted molar refractivity (Wildman–Crippen MR) is 120 cm³/mol. The van der Waals surface area contributed by atoms with E-state index < -0.39 is 5.97 Å². The van der Waals surface area contributed by atoms with Gasteiger partial charge in [0.25, 0.3) is 0 Å². The van der Waals surface area contributed by atoms with Crippen molar-refractivity contribution in [2.45, 2.75) is 26.2 Å². The van der Waals surface area contributed by atoms with E-state index in [1.165, 1.54) is 12.8 Å². The van der Waals surface area contributed by atoms with Gasteiger partial charge in [-0.1, -0.05) is 68.3 Å². The van der Waals surface area contributed by atoms with Gasteiger partial charge < -0.3 is 14.6 Å². The molecular formula is C26H28O4. The Hall–Kier alpha value is -3.11. The van der Waals surface area contributed by atoms with E-state index in [9.17, 15) is 4.79 Å². The summed E-state index contributed by atoms with van der Waals surface area (Å²) in [4.78, 5) is 11.8. The van der Waals surface area contributed by atoms with E-state index in [4.69, 9.17) is 14.6 Å². The zero-order valence-electron chi connectivity index (χ0n) is 17.3. The zero-order chi connectivity index (χ0) is 21.2. The van der Waals surface area contributed by atoms with Crippen molar-refractivity contribution in [3.8, 4) is 28.0 Å². The first-order valence-corrected chi connectivity index (χ1v) is 10.4. The molecule has 3 aromatic carbocycles. The maximum atomic E-state index is 11.8. The molecule has 30 heavy (non-hydrogen) atoms. The molecule has 0 amide bonds. The molecular weight excluding hydrogens is 376 g/mol. The Bertz CT molecular complexity index is 913. The lowest BCUT2D eigenvalue weighted by atomic mass is 9.99. The van der Waals surface area contributed by atoms with Crippen LogP contribution < -0.4 is 4.74 Å². The molecule has 0 radical (unpaired) electrons. The Balaban J connectivity index is 1.62. The third-order valence-corrected chi connectivity index (χ3v) is 4.87. The quantitative estimate of drug-likeness (QED) is 0.346. The predicted octanol–water partition coefficient (Wildman–Crippen LogP) is 5.74. The number of rotatable bonds is 10. The Morgan fingerprint density at radius 2 is 1.23 bits per heavy atom. The SMILES string of the molecule is CCCCCOc1ccc(-c2ccc(-c3ccc(C(=O)OCCO)cc3)cc2)cc1. The molecule has 4 nitrogen and oxygen atoms in total. The Labute approximate surface area is 178 Å². The van der Waals surface area contributed by atoms with Crippen LogP contribution in [-0.2, 0) is 4.74 Å². The second-order valence-corrected chi connectivity index (χ2v) is 7.09. The average molecular weight is 405 g/mol. The molecule has 0 aliphatic heterocycles. The second-order valence-electron chi connectivity index (χ2n) is 7.09. The maximum Gasteiger partial charge on any atom is 0.338 e. The summed E-state index contributed by atoms with van der Waals surface area (Å²) in [6, 6.07) is 23.8. The summed E-state index contributed by atoms with van der Waals surface area (Å²) in [5.41, 5.74) is 4.85. The van der Waals surface area contributed by atoms with E-state index in [0.29, 0.717) is 5.56 Å². The average Bonchev–Trinajstić information content (AvgIpc) is 2.81. The van der Waals surface area contributed by atoms with E-state index in [2.05, 4.69) is 43.3 Å². The van der Waals surface area contributed by atoms with Crippen LogP contribution in [0.15, 0.2) is 72.8 Å². The molecule has 0 saturated heterocycles. The van der Waals surface area contributed by atoms with Gasteiger partial charge in [0.1, 0.15) is 12.4 Å². The summed E-state index contributed by atoms with van der Waals surface area (Å²) in [6.45, 7) is 2.78. The fraction of sp³-hybridized carbons (Fsp3) is 0.269. The van der Waals surface area contributed by atoms with Gasteiger partial charge in [-0.15, -0.1) is 0 Å². The molecule has 1 N–H and O–H groups in total. The van der Waals surface area contributed by atoms with Gasteiger partial charge in [0.15, 0.2) is 0 Å². The molecule has 0 aliphatic carbocycles. The topological polar surface area (TPSA) is 55.8 Å². The highest BCUT2D eigenvalue weighted by molar-refractivity contribution is 5.90. The van der Waals surface area contributed by atoms with Crippen LogP contribution in [0.4, 0.5) is 0 Å². The first kappa shape index (κ1) is 21.6. The summed E-state index contributed by atoms with van der Waals surface area (Å²) in [5.74, 6) is 0.479. The van der Waals surface area contributed by atoms with Crippen molar-refractivity contribution >= 4 is 5.97 Å². The fourth-order valence-electron chi connectivity index (χ4n) is 3.16. The van der Waals surface area contributed by atoms with Crippen LogP contribution in [0.1, 0.15) is 36.5 Å². The van der Waals surface area contributed by atoms with Crippen molar-refractivity contribution < 1.29 is 19.4 Å². The highest BCUT2D eigenvalue weighted by Gasteiger charge is 2.07. The van der Waals surface area contributed by atoms with Gasteiger partial charge in [-0.25, -0.2) is 4.79 Å². The zero-order valence-corrected chi connectivity index (χ0v) is 17.3. The fourth-order valence-corrected chi connectivity index (χ4v) is 3.16. The van der Waals surface area contributed by atoms with E-state index in [0.717, 1.165) is 41.0 Å². The lowest BCUT2D eigenvalue weighted by Crippen LogP contribution is -2.08. The van der Waals surface area contributed by atoms with E-state index >= 15 is 0 Å². The molecule has 0 aliphatic rings. The summed E-state index contributed by atoms with van der Waals surface area (Å²) >= 11 is 0. The number of unbranched alkanes of at least 4 members (excludes halogenated alkanes) is 2. The number of ether oxygens (including phenoxy) is 2. The van der Waals surface area contributed by atoms with Crippen molar-refractivity contribution in [3.05, 3.63) is 78.4 Å². The number of carbonyl (C=O) groups excluding carboxylic acids is 1. The second kappa shape index (κ2) is 11.2. The van der Waals surface area contributed by atoms with Gasteiger partial charge in [0.05, 0.1) is 18.8 Å². The van der Waals surface area contributed by atoms with Gasteiger partial charge in [-0.05, 0) is 52.9 Å². The molecule has 0 unspecified atom stereocenters. The van der Waals surface area contributed by atoms with Crippen molar-refractivity contribution in [2.75, 3.05) is 19.8 Å². The number of esters is 1. The Morgan fingerprint density at radius 1 is 0.733 bits per heavy atom. The lowest BCUT2D eigenvalue weighted by molar-refractivity contribution is 0.0434. The van der Waals surface area contributed by atoms with Gasteiger partial charge in [0.2, 0.25) is 0 Å². The smallest absolute Gasteiger partial charge is 0.338 e. The number of aliphatic hydroxyl groups is 1. The molecule has 0 atom stereocenters. The minimum Gasteiger partial charge on any atom is -0.494 e. The van der Waals surface area contributed by atoms with Crippen molar-refractivity contribution in [1.29, 1.82) is 0 Å². The first-order chi connectivity index (χ1) is 14.7. The number of carbonyl (C=O) groups is 1. The van der Waals surface area contributed by atoms with E-state index in [-0.39, 0.29) is 13.2 Å². The number of hydrogen-bond donors (Lipinski definition) is 1. The van der Waals surface area contributed by atoms with Gasteiger partial charge >= 0.3 is 5.97 Å². The number of benzene rings is 3. The largest absolute Gasteiger partial charge is 0.494 e. The van der Waals surface area contributed by atoms with Crippen LogP contribution in [0, 0.1) is 0 Å². The molecule has 156 valence electrons. The molecule has 0 saturated carbocycles. The number of aliphatic hydroxyl groups excluding tert-OH is 1. The molecule has 0 heterocycles. The van der Waals surface area contributed by atoms with Crippen molar-refractivity contribution in [1.82, 2.24) is 0 Å². The first-order valence-electron chi connectivity index (χ1n) is 10.4. The molecule has 0 spiro atoms. The highest BCUT2D eigenvalue weighted by Crippen LogP contribution is 2.26. The van der Waals surface area contributed by atoms with Crippen LogP contribution in [0.2, 0.25) is 0 Å². The summed E-state index contributed by atoms with van der Waals surface area (Å²) < 4.78 is 10.7. The molecule has 3 aromatic rings. The Morgan fingerprint density at radius 3 is 1.73 bits per heavy atom. The molecule has 0 bridgehead atoms. The van der Waals surface area contributed by atoms with Crippen LogP contribution >= 0.6 is 0 Å². The molecule has 3 rings (SSSR count). The van der Waals surface area contributed by atoms with E-state index in [1.54, 1.807) is 12.1 Å². The van der Waals surface area contributed by atoms with Crippen LogP contribution in [0.5, 0.6) is 5.75 Å². The molecule has 4 heteroatoms. The van der Waals surface area contributed by atoms with Gasteiger partial charge in [0, 0.05) is 0 Å². The third-order valence-electron chi connectivity index (χ3n) is 4.87. The summed E-state index contributed by atoms with van der Waals surface area (Å²) in [7, 11) is 0. The maximum absolute atomic E-state index is 11.8. The van der Waals surface area contributed by atoms with Gasteiger partial charge in [-0.3, -0.25) is 0 Å². The van der Waals surface area contributed by atoms with Crippen molar-refractivity contribution in [2.24, 2.45) is 0 Å². The number of hydrogen-bond acceptors (Lipinski definition) is 4. The third kappa shape index (κ3) is 5.94. The minimum absolute atomic E-state index is 0.00794. The summed E-state index contributed by atoms with van der Waals surface area (Å²) in [6.07, 6.45) is 3.48. The monoisotopic (exact) mass is 404 g/mol. The van der Waals surface area contributed by atoms with E-state index in [1.807, 2.05) is 24.3 Å². The Kier molecular flexibility index (Phi) is 8.04. The standard InChI is InChI=1S/C26H28O4/c1-2-3-4-18-29-25-15-13-23(14-16-25)21-7-5-20(6-8-21)22-9-11-24(12-10-22)26(28)30-19-17-27/h5-16,27H,2-4,17-19H2,1H3. The van der Waals surface area contributed by atoms with Crippen LogP contribution in [0.3, 0.4) is 0 Å². The molecule has 0 fully saturated rings. The van der Waals surface area contributed by atoms with Crippen LogP contribution in [-0.4, -0.2) is 30.9 Å². The summed E-state index contributed by atoms with van der Waals surface area (Å²) in [5, 5.41) is 8.74. The van der Waals surface area contributed by atoms with Crippen LogP contribution in [0.25, 0.3) is 22.3 Å². The minimum atomic E-state index is -0.427. The molecule has 0 aromatic heterocycles. The highest BCUT2D eigenvalue weighted by atomic mass is 16.5. The van der Waals surface area contributed by atoms with Crippen molar-refractivity contribution in [3.63, 3.8) is 0 Å².